The molecule has 1 aromatic heterocycles. The van der Waals surface area contributed by atoms with E-state index in [4.69, 9.17) is 31.5 Å². The van der Waals surface area contributed by atoms with Gasteiger partial charge in [-0.3, -0.25) is 14.5 Å². The lowest BCUT2D eigenvalue weighted by molar-refractivity contribution is -0.145. The van der Waals surface area contributed by atoms with Crippen LogP contribution in [0.5, 0.6) is 5.88 Å². The van der Waals surface area contributed by atoms with E-state index in [1.807, 2.05) is 6.92 Å². The fraction of sp³-hybridized carbons (Fsp3) is 0.611. The van der Waals surface area contributed by atoms with Crippen LogP contribution in [0.2, 0.25) is 5.02 Å². The molecule has 3 N–H and O–H groups in total. The van der Waals surface area contributed by atoms with Crippen molar-refractivity contribution in [2.24, 2.45) is 5.92 Å². The summed E-state index contributed by atoms with van der Waals surface area (Å²) in [6.45, 7) is 3.69. The zero-order valence-electron chi connectivity index (χ0n) is 16.5. The van der Waals surface area contributed by atoms with Gasteiger partial charge in [-0.05, 0) is 12.5 Å². The van der Waals surface area contributed by atoms with Crippen LogP contribution in [-0.2, 0) is 14.3 Å². The van der Waals surface area contributed by atoms with E-state index in [2.05, 4.69) is 15.2 Å². The van der Waals surface area contributed by atoms with Gasteiger partial charge in [-0.1, -0.05) is 18.5 Å². The third-order valence-electron chi connectivity index (χ3n) is 4.80. The van der Waals surface area contributed by atoms with E-state index in [0.717, 1.165) is 0 Å². The second kappa shape index (κ2) is 9.90. The minimum Gasteiger partial charge on any atom is -0.480 e. The number of rotatable bonds is 7. The first kappa shape index (κ1) is 22.2. The molecule has 1 aromatic rings. The van der Waals surface area contributed by atoms with Crippen molar-refractivity contribution in [3.8, 4) is 5.88 Å². The maximum atomic E-state index is 12.7. The minimum absolute atomic E-state index is 0.0952. The van der Waals surface area contributed by atoms with E-state index in [9.17, 15) is 9.59 Å². The SMILES string of the molecule is COC(=O)C(C)CN1CCC(NC(=O)c2cc(Cl)c(N)nc2OC)C(OC)C1. The predicted octanol–water partition coefficient (Wildman–Crippen LogP) is 0.954. The summed E-state index contributed by atoms with van der Waals surface area (Å²) < 4.78 is 15.5. The smallest absolute Gasteiger partial charge is 0.309 e. The number of nitrogens with zero attached hydrogens (tertiary/aromatic N) is 2. The lowest BCUT2D eigenvalue weighted by atomic mass is 9.99. The third-order valence-corrected chi connectivity index (χ3v) is 5.11. The number of hydrogen-bond acceptors (Lipinski definition) is 8. The van der Waals surface area contributed by atoms with Crippen LogP contribution in [0.3, 0.4) is 0 Å². The van der Waals surface area contributed by atoms with Gasteiger partial charge < -0.3 is 25.3 Å². The highest BCUT2D eigenvalue weighted by Crippen LogP contribution is 2.25. The minimum atomic E-state index is -0.366. The summed E-state index contributed by atoms with van der Waals surface area (Å²) in [5.74, 6) is -0.643. The second-order valence-electron chi connectivity index (χ2n) is 6.74. The Labute approximate surface area is 169 Å². The molecule has 3 unspecified atom stereocenters. The molecule has 9 nitrogen and oxygen atoms in total. The van der Waals surface area contributed by atoms with Gasteiger partial charge in [-0.25, -0.2) is 0 Å². The van der Waals surface area contributed by atoms with Crippen LogP contribution in [0.15, 0.2) is 6.07 Å². The van der Waals surface area contributed by atoms with Gasteiger partial charge in [-0.15, -0.1) is 0 Å². The number of methoxy groups -OCH3 is 3. The molecule has 28 heavy (non-hydrogen) atoms. The molecular formula is C18H27ClN4O5. The average molecular weight is 415 g/mol. The number of nitrogens with two attached hydrogens (primary N) is 1. The Morgan fingerprint density at radius 2 is 2.14 bits per heavy atom. The predicted molar refractivity (Wildman–Crippen MR) is 104 cm³/mol. The fourth-order valence-electron chi connectivity index (χ4n) is 3.26. The molecule has 0 bridgehead atoms. The van der Waals surface area contributed by atoms with Crippen LogP contribution in [0, 0.1) is 5.92 Å². The molecular weight excluding hydrogens is 388 g/mol. The normalized spacial score (nSPS) is 21.0. The summed E-state index contributed by atoms with van der Waals surface area (Å²) in [7, 11) is 4.38. The number of piperidine rings is 1. The Hall–Kier alpha value is -2.10. The summed E-state index contributed by atoms with van der Waals surface area (Å²) in [4.78, 5) is 30.5. The van der Waals surface area contributed by atoms with Crippen molar-refractivity contribution < 1.29 is 23.8 Å². The van der Waals surface area contributed by atoms with E-state index < -0.39 is 0 Å². The molecule has 0 spiro atoms. The van der Waals surface area contributed by atoms with Crippen molar-refractivity contribution in [3.05, 3.63) is 16.7 Å². The molecule has 1 fully saturated rings. The van der Waals surface area contributed by atoms with E-state index in [-0.39, 0.29) is 52.2 Å². The molecule has 10 heteroatoms. The molecule has 0 aliphatic carbocycles. The molecule has 2 heterocycles. The maximum absolute atomic E-state index is 12.7. The Balaban J connectivity index is 2.04. The molecule has 0 saturated carbocycles. The molecule has 1 amide bonds. The van der Waals surface area contributed by atoms with Crippen molar-refractivity contribution in [3.63, 3.8) is 0 Å². The van der Waals surface area contributed by atoms with Gasteiger partial charge in [0, 0.05) is 26.7 Å². The number of likely N-dealkylation sites (tertiary alicyclic amines) is 1. The van der Waals surface area contributed by atoms with Crippen LogP contribution in [0.25, 0.3) is 0 Å². The van der Waals surface area contributed by atoms with Crippen LogP contribution in [0.1, 0.15) is 23.7 Å². The molecule has 3 atom stereocenters. The van der Waals surface area contributed by atoms with Crippen LogP contribution >= 0.6 is 11.6 Å². The summed E-state index contributed by atoms with van der Waals surface area (Å²) in [5, 5.41) is 3.15. The first-order chi connectivity index (χ1) is 13.3. The van der Waals surface area contributed by atoms with Crippen molar-refractivity contribution >= 4 is 29.3 Å². The summed E-state index contributed by atoms with van der Waals surface area (Å²) >= 11 is 6.00. The lowest BCUT2D eigenvalue weighted by Crippen LogP contribution is -2.55. The Kier molecular flexibility index (Phi) is 7.85. The van der Waals surface area contributed by atoms with Gasteiger partial charge in [0.25, 0.3) is 5.91 Å². The molecule has 0 radical (unpaired) electrons. The quantitative estimate of drug-likeness (QED) is 0.633. The van der Waals surface area contributed by atoms with Crippen molar-refractivity contribution in [1.29, 1.82) is 0 Å². The van der Waals surface area contributed by atoms with Gasteiger partial charge in [-0.2, -0.15) is 4.98 Å². The van der Waals surface area contributed by atoms with E-state index in [0.29, 0.717) is 26.1 Å². The number of nitrogen functional groups attached to an aromatic ring is 1. The second-order valence-corrected chi connectivity index (χ2v) is 7.15. The monoisotopic (exact) mass is 414 g/mol. The third kappa shape index (κ3) is 5.24. The number of anilines is 1. The molecule has 1 aliphatic heterocycles. The van der Waals surface area contributed by atoms with E-state index in [1.54, 1.807) is 7.11 Å². The summed E-state index contributed by atoms with van der Waals surface area (Å²) in [6.07, 6.45) is 0.432. The number of halogens is 1. The van der Waals surface area contributed by atoms with Gasteiger partial charge >= 0.3 is 5.97 Å². The molecule has 1 aliphatic rings. The van der Waals surface area contributed by atoms with E-state index in [1.165, 1.54) is 20.3 Å². The molecule has 2 rings (SSSR count). The first-order valence-electron chi connectivity index (χ1n) is 8.94. The zero-order chi connectivity index (χ0) is 20.8. The van der Waals surface area contributed by atoms with Crippen LogP contribution in [-0.4, -0.2) is 74.9 Å². The standard InChI is InChI=1S/C18H27ClN4O5/c1-10(18(25)28-4)8-23-6-5-13(14(9-23)26-2)21-16(24)11-7-12(19)15(20)22-17(11)27-3/h7,10,13-14H,5-6,8-9H2,1-4H3,(H2,20,22)(H,21,24). The van der Waals surface area contributed by atoms with Crippen molar-refractivity contribution in [2.75, 3.05) is 46.7 Å². The van der Waals surface area contributed by atoms with E-state index >= 15 is 0 Å². The number of esters is 1. The largest absolute Gasteiger partial charge is 0.480 e. The number of carbonyl (C=O) groups is 2. The highest BCUT2D eigenvalue weighted by Gasteiger charge is 2.32. The van der Waals surface area contributed by atoms with Crippen molar-refractivity contribution in [2.45, 2.75) is 25.5 Å². The van der Waals surface area contributed by atoms with Gasteiger partial charge in [0.1, 0.15) is 11.4 Å². The maximum Gasteiger partial charge on any atom is 0.309 e. The van der Waals surface area contributed by atoms with Gasteiger partial charge in [0.15, 0.2) is 0 Å². The topological polar surface area (TPSA) is 116 Å². The zero-order valence-corrected chi connectivity index (χ0v) is 17.3. The Morgan fingerprint density at radius 1 is 1.43 bits per heavy atom. The highest BCUT2D eigenvalue weighted by molar-refractivity contribution is 6.33. The number of carbonyl (C=O) groups excluding carboxylic acids is 2. The summed E-state index contributed by atoms with van der Waals surface area (Å²) in [6, 6.07) is 1.23. The fourth-order valence-corrected chi connectivity index (χ4v) is 3.41. The number of hydrogen-bond donors (Lipinski definition) is 2. The highest BCUT2D eigenvalue weighted by atomic mass is 35.5. The first-order valence-corrected chi connectivity index (χ1v) is 9.32. The average Bonchev–Trinajstić information content (AvgIpc) is 2.69. The number of ether oxygens (including phenoxy) is 3. The Bertz CT molecular complexity index is 717. The Morgan fingerprint density at radius 3 is 2.75 bits per heavy atom. The van der Waals surface area contributed by atoms with Crippen LogP contribution in [0.4, 0.5) is 5.82 Å². The van der Waals surface area contributed by atoms with Gasteiger partial charge in [0.05, 0.1) is 37.3 Å². The number of aromatic nitrogens is 1. The molecule has 156 valence electrons. The molecule has 1 saturated heterocycles. The number of nitrogens with one attached hydrogen (secondary N) is 1. The molecule has 0 aromatic carbocycles. The lowest BCUT2D eigenvalue weighted by Gasteiger charge is -2.38. The number of amides is 1. The van der Waals surface area contributed by atoms with Crippen molar-refractivity contribution in [1.82, 2.24) is 15.2 Å². The van der Waals surface area contributed by atoms with Crippen LogP contribution < -0.4 is 15.8 Å². The number of pyridine rings is 1. The van der Waals surface area contributed by atoms with Gasteiger partial charge in [0.2, 0.25) is 5.88 Å². The summed E-state index contributed by atoms with van der Waals surface area (Å²) in [5.41, 5.74) is 5.87.